The van der Waals surface area contributed by atoms with Gasteiger partial charge < -0.3 is 0 Å². The van der Waals surface area contributed by atoms with E-state index in [1.165, 1.54) is 16.5 Å². The summed E-state index contributed by atoms with van der Waals surface area (Å²) >= 11 is 3.56. The lowest BCUT2D eigenvalue weighted by atomic mass is 9.89. The Morgan fingerprint density at radius 1 is 1.15 bits per heavy atom. The molecule has 0 aliphatic carbocycles. The zero-order valence-electron chi connectivity index (χ0n) is 8.60. The van der Waals surface area contributed by atoms with Crippen molar-refractivity contribution in [1.82, 2.24) is 0 Å². The van der Waals surface area contributed by atoms with Crippen LogP contribution in [0.3, 0.4) is 0 Å². The van der Waals surface area contributed by atoms with E-state index >= 15 is 0 Å². The van der Waals surface area contributed by atoms with Gasteiger partial charge in [0.15, 0.2) is 0 Å². The Balaban J connectivity index is 2.60. The summed E-state index contributed by atoms with van der Waals surface area (Å²) in [5.41, 5.74) is 1.84. The number of rotatable bonds is 2. The van der Waals surface area contributed by atoms with Gasteiger partial charge in [0.25, 0.3) is 0 Å². The molecule has 0 heterocycles. The molecule has 0 nitrogen and oxygen atoms in total. The molecule has 0 N–H and O–H groups in total. The Bertz CT molecular complexity index is 271. The Morgan fingerprint density at radius 3 is 2.31 bits per heavy atom. The van der Waals surface area contributed by atoms with Crippen molar-refractivity contribution in [2.45, 2.75) is 33.6 Å². The summed E-state index contributed by atoms with van der Waals surface area (Å²) in [4.78, 5) is 0. The van der Waals surface area contributed by atoms with Gasteiger partial charge in [-0.1, -0.05) is 54.9 Å². The monoisotopic (exact) mass is 240 g/mol. The van der Waals surface area contributed by atoms with Crippen LogP contribution in [-0.2, 0) is 6.42 Å². The second-order valence-electron chi connectivity index (χ2n) is 4.65. The molecule has 0 aliphatic rings. The van der Waals surface area contributed by atoms with Crippen molar-refractivity contribution in [3.8, 4) is 0 Å². The van der Waals surface area contributed by atoms with E-state index < -0.39 is 0 Å². The highest BCUT2D eigenvalue weighted by Crippen LogP contribution is 2.24. The van der Waals surface area contributed by atoms with Gasteiger partial charge in [-0.05, 0) is 29.9 Å². The van der Waals surface area contributed by atoms with Crippen LogP contribution < -0.4 is 0 Å². The van der Waals surface area contributed by atoms with Gasteiger partial charge in [0.1, 0.15) is 0 Å². The first-order chi connectivity index (χ1) is 5.99. The molecular formula is C12H17Br. The molecule has 0 saturated heterocycles. The van der Waals surface area contributed by atoms with Crippen molar-refractivity contribution in [3.63, 3.8) is 0 Å². The number of hydrogen-bond acceptors (Lipinski definition) is 0. The van der Waals surface area contributed by atoms with E-state index in [0.29, 0.717) is 5.41 Å². The quantitative estimate of drug-likeness (QED) is 0.718. The second-order valence-corrected chi connectivity index (χ2v) is 5.51. The van der Waals surface area contributed by atoms with E-state index in [9.17, 15) is 0 Å². The minimum Gasteiger partial charge on any atom is -0.0619 e. The second kappa shape index (κ2) is 4.28. The maximum absolute atomic E-state index is 3.56. The Morgan fingerprint density at radius 2 is 1.77 bits per heavy atom. The van der Waals surface area contributed by atoms with E-state index in [-0.39, 0.29) is 0 Å². The van der Waals surface area contributed by atoms with Crippen LogP contribution in [0.1, 0.15) is 32.8 Å². The Kier molecular flexibility index (Phi) is 3.55. The molecule has 0 atom stereocenters. The number of benzene rings is 1. The summed E-state index contributed by atoms with van der Waals surface area (Å²) in [5.74, 6) is 0. The topological polar surface area (TPSA) is 0 Å². The first kappa shape index (κ1) is 10.8. The molecule has 72 valence electrons. The lowest BCUT2D eigenvalue weighted by molar-refractivity contribution is 0.378. The number of hydrogen-bond donors (Lipinski definition) is 0. The van der Waals surface area contributed by atoms with E-state index in [0.717, 1.165) is 6.42 Å². The molecule has 0 radical (unpaired) electrons. The lowest BCUT2D eigenvalue weighted by Crippen LogP contribution is -2.06. The summed E-state index contributed by atoms with van der Waals surface area (Å²) in [5, 5.41) is 0. The molecule has 0 aliphatic heterocycles. The highest BCUT2D eigenvalue weighted by atomic mass is 79.9. The Hall–Kier alpha value is -0.300. The average Bonchev–Trinajstić information content (AvgIpc) is 2.01. The third-order valence-electron chi connectivity index (χ3n) is 2.10. The van der Waals surface area contributed by atoms with Crippen LogP contribution in [0.25, 0.3) is 0 Å². The number of aryl methyl sites for hydroxylation is 1. The molecule has 0 fully saturated rings. The van der Waals surface area contributed by atoms with Crippen molar-refractivity contribution >= 4 is 15.9 Å². The summed E-state index contributed by atoms with van der Waals surface area (Å²) in [6, 6.07) is 8.46. The normalized spacial score (nSPS) is 11.7. The van der Waals surface area contributed by atoms with Crippen LogP contribution in [0.4, 0.5) is 0 Å². The van der Waals surface area contributed by atoms with E-state index in [1.807, 2.05) is 0 Å². The molecule has 0 aromatic heterocycles. The van der Waals surface area contributed by atoms with Crippen molar-refractivity contribution < 1.29 is 0 Å². The average molecular weight is 241 g/mol. The third kappa shape index (κ3) is 3.95. The van der Waals surface area contributed by atoms with Crippen molar-refractivity contribution in [2.24, 2.45) is 5.41 Å². The minimum atomic E-state index is 0.426. The molecule has 13 heavy (non-hydrogen) atoms. The van der Waals surface area contributed by atoms with E-state index in [2.05, 4.69) is 61.0 Å². The van der Waals surface area contributed by atoms with Crippen LogP contribution in [0, 0.1) is 5.41 Å². The summed E-state index contributed by atoms with van der Waals surface area (Å²) < 4.78 is 1.24. The zero-order chi connectivity index (χ0) is 9.90. The summed E-state index contributed by atoms with van der Waals surface area (Å²) in [6.07, 6.45) is 2.39. The fraction of sp³-hybridized carbons (Fsp3) is 0.500. The molecule has 0 bridgehead atoms. The van der Waals surface area contributed by atoms with E-state index in [1.54, 1.807) is 0 Å². The summed E-state index contributed by atoms with van der Waals surface area (Å²) in [6.45, 7) is 6.84. The van der Waals surface area contributed by atoms with Crippen molar-refractivity contribution in [2.75, 3.05) is 0 Å². The van der Waals surface area contributed by atoms with Gasteiger partial charge in [-0.3, -0.25) is 0 Å². The minimum absolute atomic E-state index is 0.426. The molecule has 1 rings (SSSR count). The largest absolute Gasteiger partial charge is 0.0619 e. The Labute approximate surface area is 89.5 Å². The van der Waals surface area contributed by atoms with Crippen LogP contribution in [0.5, 0.6) is 0 Å². The van der Waals surface area contributed by atoms with Crippen molar-refractivity contribution in [3.05, 3.63) is 34.3 Å². The van der Waals surface area contributed by atoms with Gasteiger partial charge >= 0.3 is 0 Å². The van der Waals surface area contributed by atoms with Crippen LogP contribution in [0.2, 0.25) is 0 Å². The fourth-order valence-electron chi connectivity index (χ4n) is 1.21. The maximum atomic E-state index is 3.56. The maximum Gasteiger partial charge on any atom is 0.0207 e. The highest BCUT2D eigenvalue weighted by molar-refractivity contribution is 9.10. The molecule has 0 amide bonds. The van der Waals surface area contributed by atoms with E-state index in [4.69, 9.17) is 0 Å². The fourth-order valence-corrected chi connectivity index (χ4v) is 1.69. The van der Waals surface area contributed by atoms with Gasteiger partial charge in [-0.25, -0.2) is 0 Å². The molecule has 0 spiro atoms. The molecule has 1 aromatic carbocycles. The first-order valence-electron chi connectivity index (χ1n) is 4.72. The predicted molar refractivity (Wildman–Crippen MR) is 61.9 cm³/mol. The van der Waals surface area contributed by atoms with Crippen LogP contribution in [-0.4, -0.2) is 0 Å². The van der Waals surface area contributed by atoms with Gasteiger partial charge in [-0.2, -0.15) is 0 Å². The molecular weight excluding hydrogens is 224 g/mol. The van der Waals surface area contributed by atoms with Gasteiger partial charge in [0.05, 0.1) is 0 Å². The van der Waals surface area contributed by atoms with Gasteiger partial charge in [0, 0.05) is 4.47 Å². The smallest absolute Gasteiger partial charge is 0.0207 e. The SMILES string of the molecule is CC(C)(C)CCc1ccccc1Br. The standard InChI is InChI=1S/C12H17Br/c1-12(2,3)9-8-10-6-4-5-7-11(10)13/h4-7H,8-9H2,1-3H3. The number of halogens is 1. The van der Waals surface area contributed by atoms with Crippen molar-refractivity contribution in [1.29, 1.82) is 0 Å². The highest BCUT2D eigenvalue weighted by Gasteiger charge is 2.10. The van der Waals surface area contributed by atoms with Crippen LogP contribution >= 0.6 is 15.9 Å². The van der Waals surface area contributed by atoms with Crippen LogP contribution in [0.15, 0.2) is 28.7 Å². The summed E-state index contributed by atoms with van der Waals surface area (Å²) in [7, 11) is 0. The van der Waals surface area contributed by atoms with Gasteiger partial charge in [0.2, 0.25) is 0 Å². The molecule has 1 aromatic rings. The third-order valence-corrected chi connectivity index (χ3v) is 2.88. The molecule has 1 heteroatoms. The van der Waals surface area contributed by atoms with Gasteiger partial charge in [-0.15, -0.1) is 0 Å². The predicted octanol–water partition coefficient (Wildman–Crippen LogP) is 4.43. The first-order valence-corrected chi connectivity index (χ1v) is 5.52. The molecule has 0 saturated carbocycles. The zero-order valence-corrected chi connectivity index (χ0v) is 10.2. The lowest BCUT2D eigenvalue weighted by Gasteiger charge is -2.18. The molecule has 0 unspecified atom stereocenters.